The van der Waals surface area contributed by atoms with Crippen molar-refractivity contribution in [1.29, 1.82) is 0 Å². The van der Waals surface area contributed by atoms with Gasteiger partial charge in [0.25, 0.3) is 0 Å². The number of rotatable bonds is 1. The molecule has 0 atom stereocenters. The predicted octanol–water partition coefficient (Wildman–Crippen LogP) is -0.230. The molecule has 2 N–H and O–H groups in total. The summed E-state index contributed by atoms with van der Waals surface area (Å²) in [5.41, 5.74) is 0. The first kappa shape index (κ1) is 4.62. The Balaban J connectivity index is 1.97. The van der Waals surface area contributed by atoms with Crippen LogP contribution >= 0.6 is 25.6 Å². The number of hydrogen-bond donors (Lipinski definition) is 4. The summed E-state index contributed by atoms with van der Waals surface area (Å²) in [4.78, 5) is 4.48. The van der Waals surface area contributed by atoms with E-state index in [9.17, 15) is 0 Å². The summed E-state index contributed by atoms with van der Waals surface area (Å²) in [7, 11) is 0. The lowest BCUT2D eigenvalue weighted by atomic mass is 13.0. The smallest absolute Gasteiger partial charge is 0.0833 e. The van der Waals surface area contributed by atoms with Crippen molar-refractivity contribution in [2.75, 3.05) is 0 Å². The summed E-state index contributed by atoms with van der Waals surface area (Å²) >= 11 is 6.97. The summed E-state index contributed by atoms with van der Waals surface area (Å²) in [6.45, 7) is 0. The van der Waals surface area contributed by atoms with Gasteiger partial charge in [0.2, 0.25) is 0 Å². The number of thiol groups is 2. The zero-order valence-corrected chi connectivity index (χ0v) is 3.68. The van der Waals surface area contributed by atoms with Crippen LogP contribution in [-0.2, 0) is 0 Å². The Bertz CT molecular complexity index is 6.00. The van der Waals surface area contributed by atoms with Gasteiger partial charge >= 0.3 is 0 Å². The molecule has 4 heavy (non-hydrogen) atoms. The average Bonchev–Trinajstić information content (AvgIpc) is 1.37. The molecule has 0 fully saturated rings. The Labute approximate surface area is 36.0 Å². The fraction of sp³-hybridized carbons (Fsp3) is 0. The minimum Gasteiger partial charge on any atom is -0.194 e. The highest BCUT2D eigenvalue weighted by atomic mass is 32.1. The first-order chi connectivity index (χ1) is 1.91. The molecule has 0 aromatic carbocycles. The van der Waals surface area contributed by atoms with Gasteiger partial charge in [0.05, 0.1) is 0 Å². The van der Waals surface area contributed by atoms with Crippen LogP contribution in [0.5, 0.6) is 0 Å². The fourth-order valence-corrected chi connectivity index (χ4v) is 0. The van der Waals surface area contributed by atoms with Crippen molar-refractivity contribution in [1.82, 2.24) is 9.66 Å². The van der Waals surface area contributed by atoms with Gasteiger partial charge in [-0.25, -0.2) is 0 Å². The van der Waals surface area contributed by atoms with E-state index in [4.69, 9.17) is 0 Å². The minimum atomic E-state index is 2.24. The van der Waals surface area contributed by atoms with Gasteiger partial charge in [-0.3, -0.25) is 0 Å². The van der Waals surface area contributed by atoms with E-state index in [1.54, 1.807) is 0 Å². The standard InChI is InChI=1S/H4N2S2/c3-1-2-4/h1-4H. The van der Waals surface area contributed by atoms with Gasteiger partial charge in [-0.15, -0.1) is 0 Å². The Hall–Kier alpha value is 0.620. The lowest BCUT2D eigenvalue weighted by Gasteiger charge is -1.78. The molecule has 0 saturated carbocycles. The molecule has 0 saturated heterocycles. The Morgan fingerprint density at radius 2 is 1.25 bits per heavy atom. The van der Waals surface area contributed by atoms with Crippen molar-refractivity contribution < 1.29 is 0 Å². The van der Waals surface area contributed by atoms with E-state index >= 15 is 0 Å². The van der Waals surface area contributed by atoms with Gasteiger partial charge in [0.15, 0.2) is 0 Å². The molecule has 2 nitrogen and oxygen atoms in total. The van der Waals surface area contributed by atoms with Crippen molar-refractivity contribution in [3.05, 3.63) is 0 Å². The second-order valence-electron chi connectivity index (χ2n) is 0.224. The highest BCUT2D eigenvalue weighted by Crippen LogP contribution is 1.49. The number of hydrazine groups is 1. The van der Waals surface area contributed by atoms with Crippen LogP contribution in [0.15, 0.2) is 0 Å². The molecule has 0 aromatic rings. The average molecular weight is 96.2 g/mol. The lowest BCUT2D eigenvalue weighted by molar-refractivity contribution is 1.02. The molecule has 0 radical (unpaired) electrons. The van der Waals surface area contributed by atoms with Gasteiger partial charge in [0, 0.05) is 0 Å². The highest BCUT2D eigenvalue weighted by molar-refractivity contribution is 7.81. The van der Waals surface area contributed by atoms with Gasteiger partial charge < -0.3 is 0 Å². The zero-order chi connectivity index (χ0) is 3.41. The van der Waals surface area contributed by atoms with Crippen LogP contribution in [0, 0.1) is 0 Å². The first-order valence-electron chi connectivity index (χ1n) is 0.697. The summed E-state index contributed by atoms with van der Waals surface area (Å²) in [5.74, 6) is 0. The third-order valence-corrected chi connectivity index (χ3v) is 0.450. The van der Waals surface area contributed by atoms with E-state index in [1.165, 1.54) is 0 Å². The molecule has 0 aliphatic heterocycles. The predicted molar refractivity (Wildman–Crippen MR) is 24.2 cm³/mol. The van der Waals surface area contributed by atoms with E-state index in [2.05, 4.69) is 35.3 Å². The second kappa shape index (κ2) is 3.62. The monoisotopic (exact) mass is 96.0 g/mol. The number of hydrogen-bond acceptors (Lipinski definition) is 4. The number of nitrogens with one attached hydrogen (secondary N) is 2. The minimum absolute atomic E-state index is 2.24. The van der Waals surface area contributed by atoms with Gasteiger partial charge in [-0.05, 0) is 0 Å². The molecule has 0 spiro atoms. The Morgan fingerprint density at radius 1 is 1.00 bits per heavy atom. The highest BCUT2D eigenvalue weighted by Gasteiger charge is 1.46. The van der Waals surface area contributed by atoms with Crippen molar-refractivity contribution >= 4 is 25.6 Å². The molecular formula is H4N2S2. The third-order valence-electron chi connectivity index (χ3n) is 0.0500. The van der Waals surface area contributed by atoms with Crippen molar-refractivity contribution in [2.45, 2.75) is 0 Å². The molecule has 0 bridgehead atoms. The van der Waals surface area contributed by atoms with Crippen LogP contribution in [0.2, 0.25) is 0 Å². The van der Waals surface area contributed by atoms with Crippen LogP contribution in [0.25, 0.3) is 0 Å². The van der Waals surface area contributed by atoms with E-state index in [1.807, 2.05) is 0 Å². The maximum atomic E-state index is 3.48. The summed E-state index contributed by atoms with van der Waals surface area (Å²) in [5, 5.41) is 0. The molecule has 0 aromatic heterocycles. The van der Waals surface area contributed by atoms with Crippen molar-refractivity contribution in [3.8, 4) is 0 Å². The Kier molecular flexibility index (Phi) is 4.18. The normalized spacial score (nSPS) is 7.50. The van der Waals surface area contributed by atoms with E-state index in [0.29, 0.717) is 0 Å². The van der Waals surface area contributed by atoms with Crippen LogP contribution < -0.4 is 9.66 Å². The summed E-state index contributed by atoms with van der Waals surface area (Å²) < 4.78 is 0. The maximum Gasteiger partial charge on any atom is -0.0833 e. The fourth-order valence-electron chi connectivity index (χ4n) is 0. The molecule has 4 heteroatoms. The quantitative estimate of drug-likeness (QED) is 0.268. The molecule has 0 aliphatic rings. The lowest BCUT2D eigenvalue weighted by Crippen LogP contribution is -2.08. The summed E-state index contributed by atoms with van der Waals surface area (Å²) in [6, 6.07) is 0. The van der Waals surface area contributed by atoms with Crippen LogP contribution in [0.3, 0.4) is 0 Å². The van der Waals surface area contributed by atoms with E-state index < -0.39 is 0 Å². The Morgan fingerprint density at radius 3 is 1.25 bits per heavy atom. The molecule has 0 amide bonds. The largest absolute Gasteiger partial charge is 0.194 e. The van der Waals surface area contributed by atoms with Crippen LogP contribution in [-0.4, -0.2) is 0 Å². The van der Waals surface area contributed by atoms with Crippen LogP contribution in [0.1, 0.15) is 0 Å². The third kappa shape index (κ3) is 2.62. The molecule has 0 aliphatic carbocycles. The molecule has 0 unspecified atom stereocenters. The topological polar surface area (TPSA) is 24.1 Å². The van der Waals surface area contributed by atoms with Crippen molar-refractivity contribution in [3.63, 3.8) is 0 Å². The van der Waals surface area contributed by atoms with E-state index in [0.717, 1.165) is 0 Å². The molecular weight excluding hydrogens is 92.1 g/mol. The first-order valence-corrected chi connectivity index (χ1v) is 1.59. The summed E-state index contributed by atoms with van der Waals surface area (Å²) in [6.07, 6.45) is 0. The van der Waals surface area contributed by atoms with Gasteiger partial charge in [-0.2, -0.15) is 9.66 Å². The van der Waals surface area contributed by atoms with Gasteiger partial charge in [0.1, 0.15) is 0 Å². The molecule has 0 heterocycles. The van der Waals surface area contributed by atoms with Crippen molar-refractivity contribution in [2.24, 2.45) is 0 Å². The zero-order valence-electron chi connectivity index (χ0n) is 1.89. The molecule has 0 rings (SSSR count). The maximum absolute atomic E-state index is 3.48. The SMILES string of the molecule is SNNS. The molecule has 26 valence electrons. The van der Waals surface area contributed by atoms with Crippen LogP contribution in [0.4, 0.5) is 0 Å². The van der Waals surface area contributed by atoms with E-state index in [-0.39, 0.29) is 0 Å². The van der Waals surface area contributed by atoms with Gasteiger partial charge in [-0.1, -0.05) is 25.6 Å². The second-order valence-corrected chi connectivity index (χ2v) is 0.671.